The number of carbonyl (C=O) groups is 1. The molecule has 0 aliphatic heterocycles. The Labute approximate surface area is 124 Å². The molecule has 3 rings (SSSR count). The van der Waals surface area contributed by atoms with Crippen molar-refractivity contribution in [1.29, 1.82) is 0 Å². The van der Waals surface area contributed by atoms with Crippen LogP contribution in [0, 0.1) is 13.8 Å². The first kappa shape index (κ1) is 13.6. The number of aryl methyl sites for hydroxylation is 2. The summed E-state index contributed by atoms with van der Waals surface area (Å²) in [6, 6.07) is 11.1. The van der Waals surface area contributed by atoms with Gasteiger partial charge >= 0.3 is 0 Å². The van der Waals surface area contributed by atoms with Crippen molar-refractivity contribution in [2.75, 3.05) is 0 Å². The number of Topliss-reactive ketones (excluding diaryl/α,β-unsaturated/α-hetero) is 1. The summed E-state index contributed by atoms with van der Waals surface area (Å²) in [5.41, 5.74) is 6.03. The summed E-state index contributed by atoms with van der Waals surface area (Å²) in [4.78, 5) is 12.7. The lowest BCUT2D eigenvalue weighted by atomic mass is 9.83. The quantitative estimate of drug-likeness (QED) is 0.793. The van der Waals surface area contributed by atoms with Crippen LogP contribution in [0.25, 0.3) is 6.08 Å². The van der Waals surface area contributed by atoms with Crippen molar-refractivity contribution >= 4 is 11.9 Å². The zero-order chi connectivity index (χ0) is 15.0. The minimum absolute atomic E-state index is 0.117. The number of carbonyl (C=O) groups excluding carboxylic acids is 1. The Bertz CT molecular complexity index is 754. The molecule has 1 N–H and O–H groups in total. The van der Waals surface area contributed by atoms with Crippen LogP contribution in [0.15, 0.2) is 42.0 Å². The molecule has 0 radical (unpaired) electrons. The van der Waals surface area contributed by atoms with Crippen molar-refractivity contribution < 1.29 is 9.90 Å². The lowest BCUT2D eigenvalue weighted by Crippen LogP contribution is -2.15. The molecule has 2 aromatic rings. The first-order chi connectivity index (χ1) is 10.0. The van der Waals surface area contributed by atoms with E-state index in [1.807, 2.05) is 25.1 Å². The number of hydrogen-bond acceptors (Lipinski definition) is 2. The highest BCUT2D eigenvalue weighted by molar-refractivity contribution is 6.13. The Morgan fingerprint density at radius 3 is 2.67 bits per heavy atom. The smallest absolute Gasteiger partial charge is 0.189 e. The van der Waals surface area contributed by atoms with Gasteiger partial charge in [0.15, 0.2) is 5.78 Å². The van der Waals surface area contributed by atoms with Crippen molar-refractivity contribution in [2.24, 2.45) is 0 Å². The van der Waals surface area contributed by atoms with Gasteiger partial charge in [-0.3, -0.25) is 4.79 Å². The maximum Gasteiger partial charge on any atom is 0.189 e. The first-order valence-corrected chi connectivity index (χ1v) is 7.19. The summed E-state index contributed by atoms with van der Waals surface area (Å²) in [6.45, 7) is 4.09. The van der Waals surface area contributed by atoms with Crippen LogP contribution in [0.1, 0.15) is 39.0 Å². The second-order valence-electron chi connectivity index (χ2n) is 5.70. The molecule has 0 bridgehead atoms. The normalized spacial score (nSPS) is 16.1. The third-order valence-corrected chi connectivity index (χ3v) is 4.01. The van der Waals surface area contributed by atoms with Crippen LogP contribution >= 0.6 is 0 Å². The van der Waals surface area contributed by atoms with Gasteiger partial charge < -0.3 is 5.11 Å². The van der Waals surface area contributed by atoms with E-state index in [4.69, 9.17) is 0 Å². The van der Waals surface area contributed by atoms with Gasteiger partial charge in [-0.05, 0) is 67.7 Å². The summed E-state index contributed by atoms with van der Waals surface area (Å²) in [7, 11) is 0. The number of fused-ring (bicyclic) bond motifs is 1. The van der Waals surface area contributed by atoms with E-state index in [1.54, 1.807) is 18.2 Å². The molecule has 0 aromatic heterocycles. The molecule has 21 heavy (non-hydrogen) atoms. The molecule has 2 heteroatoms. The first-order valence-electron chi connectivity index (χ1n) is 7.19. The maximum absolute atomic E-state index is 12.7. The monoisotopic (exact) mass is 278 g/mol. The Hall–Kier alpha value is -2.35. The molecular weight excluding hydrogens is 260 g/mol. The Morgan fingerprint density at radius 1 is 1.10 bits per heavy atom. The number of phenolic OH excluding ortho intramolecular Hbond substituents is 1. The third-order valence-electron chi connectivity index (χ3n) is 4.01. The summed E-state index contributed by atoms with van der Waals surface area (Å²) in [5.74, 6) is 0.339. The lowest BCUT2D eigenvalue weighted by Gasteiger charge is -2.20. The third kappa shape index (κ3) is 2.62. The van der Waals surface area contributed by atoms with Crippen LogP contribution in [0.3, 0.4) is 0 Å². The van der Waals surface area contributed by atoms with Gasteiger partial charge in [0.1, 0.15) is 5.75 Å². The number of rotatable bonds is 1. The van der Waals surface area contributed by atoms with Crippen LogP contribution in [-0.2, 0) is 6.42 Å². The van der Waals surface area contributed by atoms with E-state index in [-0.39, 0.29) is 11.5 Å². The molecular formula is C19H18O2. The zero-order valence-electron chi connectivity index (χ0n) is 12.3. The van der Waals surface area contributed by atoms with E-state index in [1.165, 1.54) is 11.1 Å². The van der Waals surface area contributed by atoms with Crippen LogP contribution in [-0.4, -0.2) is 10.9 Å². The van der Waals surface area contributed by atoms with Crippen LogP contribution in [0.2, 0.25) is 0 Å². The summed E-state index contributed by atoms with van der Waals surface area (Å²) in [5, 5.41) is 9.52. The molecule has 0 heterocycles. The minimum Gasteiger partial charge on any atom is -0.508 e. The topological polar surface area (TPSA) is 37.3 Å². The van der Waals surface area contributed by atoms with E-state index in [0.717, 1.165) is 35.1 Å². The number of benzene rings is 2. The summed E-state index contributed by atoms with van der Waals surface area (Å²) >= 11 is 0. The maximum atomic E-state index is 12.7. The second kappa shape index (κ2) is 5.21. The molecule has 1 aliphatic carbocycles. The average molecular weight is 278 g/mol. The van der Waals surface area contributed by atoms with Crippen molar-refractivity contribution in [2.45, 2.75) is 26.7 Å². The van der Waals surface area contributed by atoms with Crippen LogP contribution in [0.4, 0.5) is 0 Å². The highest BCUT2D eigenvalue weighted by atomic mass is 16.3. The molecule has 0 fully saturated rings. The number of aromatic hydroxyl groups is 1. The van der Waals surface area contributed by atoms with Crippen molar-refractivity contribution in [3.8, 4) is 5.75 Å². The predicted octanol–water partition coefficient (Wildman–Crippen LogP) is 4.22. The zero-order valence-corrected chi connectivity index (χ0v) is 12.3. The fraction of sp³-hybridized carbons (Fsp3) is 0.211. The van der Waals surface area contributed by atoms with Gasteiger partial charge in [-0.15, -0.1) is 0 Å². The SMILES string of the molecule is Cc1cc(C)c2c(c1)C(=O)C(=Cc1cccc(O)c1)CC2. The van der Waals surface area contributed by atoms with E-state index in [9.17, 15) is 9.90 Å². The van der Waals surface area contributed by atoms with Gasteiger partial charge in [0.05, 0.1) is 0 Å². The highest BCUT2D eigenvalue weighted by Crippen LogP contribution is 2.30. The van der Waals surface area contributed by atoms with E-state index in [0.29, 0.717) is 0 Å². The van der Waals surface area contributed by atoms with Crippen molar-refractivity contribution in [3.05, 3.63) is 69.8 Å². The van der Waals surface area contributed by atoms with E-state index in [2.05, 4.69) is 13.0 Å². The number of allylic oxidation sites excluding steroid dienone is 1. The fourth-order valence-corrected chi connectivity index (χ4v) is 3.03. The molecule has 0 saturated heterocycles. The molecule has 0 amide bonds. The predicted molar refractivity (Wildman–Crippen MR) is 84.7 cm³/mol. The van der Waals surface area contributed by atoms with Crippen molar-refractivity contribution in [3.63, 3.8) is 0 Å². The Kier molecular flexibility index (Phi) is 3.38. The standard InChI is InChI=1S/C19H18O2/c1-12-8-13(2)17-7-6-15(19(21)18(17)9-12)10-14-4-3-5-16(20)11-14/h3-5,8-11,20H,6-7H2,1-2H3. The van der Waals surface area contributed by atoms with Gasteiger partial charge in [-0.25, -0.2) is 0 Å². The largest absolute Gasteiger partial charge is 0.508 e. The van der Waals surface area contributed by atoms with E-state index >= 15 is 0 Å². The van der Waals surface area contributed by atoms with Gasteiger partial charge in [0, 0.05) is 11.1 Å². The molecule has 2 nitrogen and oxygen atoms in total. The molecule has 0 saturated carbocycles. The highest BCUT2D eigenvalue weighted by Gasteiger charge is 2.23. The molecule has 2 aromatic carbocycles. The molecule has 0 unspecified atom stereocenters. The Balaban J connectivity index is 2.03. The summed E-state index contributed by atoms with van der Waals surface area (Å²) in [6.07, 6.45) is 3.55. The van der Waals surface area contributed by atoms with Gasteiger partial charge in [-0.1, -0.05) is 23.8 Å². The van der Waals surface area contributed by atoms with Gasteiger partial charge in [0.25, 0.3) is 0 Å². The lowest BCUT2D eigenvalue weighted by molar-refractivity contribution is 0.102. The van der Waals surface area contributed by atoms with Gasteiger partial charge in [0.2, 0.25) is 0 Å². The van der Waals surface area contributed by atoms with Crippen molar-refractivity contribution in [1.82, 2.24) is 0 Å². The second-order valence-corrected chi connectivity index (χ2v) is 5.70. The van der Waals surface area contributed by atoms with Crippen LogP contribution in [0.5, 0.6) is 5.75 Å². The molecule has 1 aliphatic rings. The molecule has 0 atom stereocenters. The molecule has 106 valence electrons. The number of hydrogen-bond donors (Lipinski definition) is 1. The van der Waals surface area contributed by atoms with E-state index < -0.39 is 0 Å². The average Bonchev–Trinajstić information content (AvgIpc) is 2.42. The molecule has 0 spiro atoms. The number of ketones is 1. The Morgan fingerprint density at radius 2 is 1.90 bits per heavy atom. The summed E-state index contributed by atoms with van der Waals surface area (Å²) < 4.78 is 0. The number of phenols is 1. The van der Waals surface area contributed by atoms with Gasteiger partial charge in [-0.2, -0.15) is 0 Å². The van der Waals surface area contributed by atoms with Crippen LogP contribution < -0.4 is 0 Å². The fourth-order valence-electron chi connectivity index (χ4n) is 3.03. The minimum atomic E-state index is 0.117.